The molecule has 0 saturated heterocycles. The molecular weight excluding hydrogens is 190 g/mol. The number of nitrogens with zero attached hydrogens (tertiary/aromatic N) is 1. The Labute approximate surface area is 87.6 Å². The summed E-state index contributed by atoms with van der Waals surface area (Å²) in [6.45, 7) is 0. The van der Waals surface area contributed by atoms with Gasteiger partial charge in [-0.1, -0.05) is 12.1 Å². The third-order valence-electron chi connectivity index (χ3n) is 2.29. The lowest BCUT2D eigenvalue weighted by molar-refractivity contribution is -0.118. The molecule has 74 valence electrons. The maximum Gasteiger partial charge on any atom is 0.162 e. The van der Waals surface area contributed by atoms with Crippen LogP contribution < -0.4 is 0 Å². The fourth-order valence-electron chi connectivity index (χ4n) is 1.48. The first-order chi connectivity index (χ1) is 7.29. The van der Waals surface area contributed by atoms with E-state index in [1.54, 1.807) is 12.1 Å². The van der Waals surface area contributed by atoms with Gasteiger partial charge in [0.25, 0.3) is 0 Å². The van der Waals surface area contributed by atoms with Gasteiger partial charge in [0.2, 0.25) is 0 Å². The standard InChI is InChI=1S/C12H9NO2/c13-8-9-1-3-10(4-2-9)12-7-11(14)5-6-15-12/h1-6,12H,7H2. The molecule has 0 bridgehead atoms. The number of ketones is 1. The van der Waals surface area contributed by atoms with Gasteiger partial charge in [-0.2, -0.15) is 5.26 Å². The highest BCUT2D eigenvalue weighted by molar-refractivity contribution is 5.90. The van der Waals surface area contributed by atoms with Gasteiger partial charge in [-0.25, -0.2) is 0 Å². The number of nitriles is 1. The summed E-state index contributed by atoms with van der Waals surface area (Å²) in [5.41, 5.74) is 1.53. The largest absolute Gasteiger partial charge is 0.493 e. The molecule has 0 radical (unpaired) electrons. The minimum atomic E-state index is -0.213. The molecule has 0 N–H and O–H groups in total. The predicted octanol–water partition coefficient (Wildman–Crippen LogP) is 2.10. The maximum absolute atomic E-state index is 11.2. The summed E-state index contributed by atoms with van der Waals surface area (Å²) in [4.78, 5) is 11.2. The SMILES string of the molecule is N#Cc1ccc(C2CC(=O)C=CO2)cc1. The van der Waals surface area contributed by atoms with Crippen molar-refractivity contribution >= 4 is 5.78 Å². The van der Waals surface area contributed by atoms with E-state index in [1.165, 1.54) is 12.3 Å². The first-order valence-corrected chi connectivity index (χ1v) is 4.64. The quantitative estimate of drug-likeness (QED) is 0.695. The Balaban J connectivity index is 2.20. The molecule has 0 fully saturated rings. The van der Waals surface area contributed by atoms with E-state index in [2.05, 4.69) is 0 Å². The molecule has 0 aromatic heterocycles. The Hall–Kier alpha value is -2.08. The number of carbonyl (C=O) groups excluding carboxylic acids is 1. The van der Waals surface area contributed by atoms with Crippen LogP contribution >= 0.6 is 0 Å². The Kier molecular flexibility index (Phi) is 2.51. The minimum Gasteiger partial charge on any atom is -0.493 e. The number of allylic oxidation sites excluding steroid dienone is 1. The molecule has 1 aliphatic rings. The fourth-order valence-corrected chi connectivity index (χ4v) is 1.48. The van der Waals surface area contributed by atoms with Gasteiger partial charge in [-0.3, -0.25) is 4.79 Å². The van der Waals surface area contributed by atoms with E-state index in [0.717, 1.165) is 5.56 Å². The first kappa shape index (κ1) is 9.47. The monoisotopic (exact) mass is 199 g/mol. The maximum atomic E-state index is 11.2. The van der Waals surface area contributed by atoms with Crippen molar-refractivity contribution in [2.45, 2.75) is 12.5 Å². The Bertz CT molecular complexity index is 440. The molecule has 3 heteroatoms. The highest BCUT2D eigenvalue weighted by Gasteiger charge is 2.18. The van der Waals surface area contributed by atoms with Crippen molar-refractivity contribution in [2.75, 3.05) is 0 Å². The molecule has 1 heterocycles. The van der Waals surface area contributed by atoms with Gasteiger partial charge < -0.3 is 4.74 Å². The number of carbonyl (C=O) groups is 1. The number of hydrogen-bond donors (Lipinski definition) is 0. The summed E-state index contributed by atoms with van der Waals surface area (Å²) in [6.07, 6.45) is 3.01. The molecule has 3 nitrogen and oxygen atoms in total. The molecule has 1 unspecified atom stereocenters. The zero-order valence-electron chi connectivity index (χ0n) is 8.01. The van der Waals surface area contributed by atoms with Crippen LogP contribution in [-0.4, -0.2) is 5.78 Å². The van der Waals surface area contributed by atoms with Crippen LogP contribution in [-0.2, 0) is 9.53 Å². The van der Waals surface area contributed by atoms with E-state index in [9.17, 15) is 4.79 Å². The summed E-state index contributed by atoms with van der Waals surface area (Å²) >= 11 is 0. The second kappa shape index (κ2) is 3.97. The molecule has 1 aliphatic heterocycles. The molecule has 0 amide bonds. The first-order valence-electron chi connectivity index (χ1n) is 4.64. The molecule has 0 saturated carbocycles. The molecular formula is C12H9NO2. The van der Waals surface area contributed by atoms with Crippen LogP contribution in [0.15, 0.2) is 36.6 Å². The number of benzene rings is 1. The van der Waals surface area contributed by atoms with Crippen molar-refractivity contribution in [2.24, 2.45) is 0 Å². The highest BCUT2D eigenvalue weighted by Crippen LogP contribution is 2.25. The lowest BCUT2D eigenvalue weighted by atomic mass is 10.0. The number of rotatable bonds is 1. The average Bonchev–Trinajstić information content (AvgIpc) is 2.29. The van der Waals surface area contributed by atoms with E-state index < -0.39 is 0 Å². The van der Waals surface area contributed by atoms with E-state index >= 15 is 0 Å². The van der Waals surface area contributed by atoms with Crippen LogP contribution in [0.25, 0.3) is 0 Å². The van der Waals surface area contributed by atoms with Crippen LogP contribution in [0.5, 0.6) is 0 Å². The van der Waals surface area contributed by atoms with Crippen LogP contribution in [0, 0.1) is 11.3 Å². The van der Waals surface area contributed by atoms with Gasteiger partial charge in [0, 0.05) is 6.08 Å². The summed E-state index contributed by atoms with van der Waals surface area (Å²) < 4.78 is 5.32. The topological polar surface area (TPSA) is 50.1 Å². The van der Waals surface area contributed by atoms with Crippen LogP contribution in [0.1, 0.15) is 23.7 Å². The smallest absolute Gasteiger partial charge is 0.162 e. The predicted molar refractivity (Wildman–Crippen MR) is 53.7 cm³/mol. The Morgan fingerprint density at radius 1 is 1.33 bits per heavy atom. The van der Waals surface area contributed by atoms with Crippen LogP contribution in [0.2, 0.25) is 0 Å². The van der Waals surface area contributed by atoms with Gasteiger partial charge in [0.15, 0.2) is 5.78 Å². The van der Waals surface area contributed by atoms with Crippen molar-refractivity contribution in [3.63, 3.8) is 0 Å². The molecule has 1 aromatic carbocycles. The van der Waals surface area contributed by atoms with Crippen molar-refractivity contribution in [3.8, 4) is 6.07 Å². The van der Waals surface area contributed by atoms with E-state index in [-0.39, 0.29) is 11.9 Å². The number of ether oxygens (including phenoxy) is 1. The van der Waals surface area contributed by atoms with E-state index in [0.29, 0.717) is 12.0 Å². The lowest BCUT2D eigenvalue weighted by Crippen LogP contribution is -2.11. The van der Waals surface area contributed by atoms with Gasteiger partial charge in [-0.05, 0) is 17.7 Å². The summed E-state index contributed by atoms with van der Waals surface area (Å²) in [6, 6.07) is 9.12. The third-order valence-corrected chi connectivity index (χ3v) is 2.29. The second-order valence-electron chi connectivity index (χ2n) is 3.33. The van der Waals surface area contributed by atoms with Gasteiger partial charge in [0.05, 0.1) is 24.3 Å². The van der Waals surface area contributed by atoms with E-state index in [4.69, 9.17) is 10.00 Å². The van der Waals surface area contributed by atoms with Crippen LogP contribution in [0.3, 0.4) is 0 Å². The third kappa shape index (κ3) is 2.05. The van der Waals surface area contributed by atoms with Gasteiger partial charge in [0.1, 0.15) is 6.10 Å². The molecule has 1 atom stereocenters. The van der Waals surface area contributed by atoms with Crippen LogP contribution in [0.4, 0.5) is 0 Å². The number of hydrogen-bond acceptors (Lipinski definition) is 3. The molecule has 0 aliphatic carbocycles. The normalized spacial score (nSPS) is 19.4. The molecule has 1 aromatic rings. The minimum absolute atomic E-state index is 0.0654. The molecule has 0 spiro atoms. The zero-order valence-corrected chi connectivity index (χ0v) is 8.01. The van der Waals surface area contributed by atoms with Crippen molar-refractivity contribution in [1.82, 2.24) is 0 Å². The van der Waals surface area contributed by atoms with Crippen molar-refractivity contribution in [3.05, 3.63) is 47.7 Å². The highest BCUT2D eigenvalue weighted by atomic mass is 16.5. The Morgan fingerprint density at radius 3 is 2.67 bits per heavy atom. The molecule has 2 rings (SSSR count). The van der Waals surface area contributed by atoms with E-state index in [1.807, 2.05) is 18.2 Å². The lowest BCUT2D eigenvalue weighted by Gasteiger charge is -2.18. The van der Waals surface area contributed by atoms with Gasteiger partial charge in [-0.15, -0.1) is 0 Å². The molecule has 15 heavy (non-hydrogen) atoms. The average molecular weight is 199 g/mol. The van der Waals surface area contributed by atoms with Crippen molar-refractivity contribution < 1.29 is 9.53 Å². The fraction of sp³-hybridized carbons (Fsp3) is 0.167. The van der Waals surface area contributed by atoms with Gasteiger partial charge >= 0.3 is 0 Å². The summed E-state index contributed by atoms with van der Waals surface area (Å²) in [5, 5.41) is 8.63. The second-order valence-corrected chi connectivity index (χ2v) is 3.33. The summed E-state index contributed by atoms with van der Waals surface area (Å²) in [7, 11) is 0. The zero-order chi connectivity index (χ0) is 10.7. The summed E-state index contributed by atoms with van der Waals surface area (Å²) in [5.74, 6) is 0.0654. The Morgan fingerprint density at radius 2 is 2.07 bits per heavy atom. The van der Waals surface area contributed by atoms with Crippen molar-refractivity contribution in [1.29, 1.82) is 5.26 Å².